The number of hydrogen-bond acceptors (Lipinski definition) is 5. The Morgan fingerprint density at radius 1 is 1.26 bits per heavy atom. The second kappa shape index (κ2) is 9.92. The summed E-state index contributed by atoms with van der Waals surface area (Å²) in [5, 5.41) is 17.1. The Hall–Kier alpha value is -2.65. The predicted octanol–water partition coefficient (Wildman–Crippen LogP) is 3.63. The van der Waals surface area contributed by atoms with Crippen LogP contribution in [0.1, 0.15) is 55.3 Å². The van der Waals surface area contributed by atoms with Crippen LogP contribution in [-0.4, -0.2) is 46.5 Å². The summed E-state index contributed by atoms with van der Waals surface area (Å²) < 4.78 is 44.9. The molecule has 3 atom stereocenters. The van der Waals surface area contributed by atoms with Crippen molar-refractivity contribution in [3.8, 4) is 5.88 Å². The molecule has 1 amide bonds. The molecule has 0 bridgehead atoms. The number of carbonyl (C=O) groups excluding carboxylic acids is 1. The van der Waals surface area contributed by atoms with E-state index in [2.05, 4.69) is 15.6 Å². The Bertz CT molecular complexity index is 996. The molecule has 1 spiro atoms. The zero-order valence-corrected chi connectivity index (χ0v) is 19.1. The molecule has 34 heavy (non-hydrogen) atoms. The van der Waals surface area contributed by atoms with Gasteiger partial charge in [0.2, 0.25) is 11.8 Å². The number of nitrogens with zero attached hydrogens (tertiary/aromatic N) is 1. The van der Waals surface area contributed by atoms with Crippen molar-refractivity contribution in [2.45, 2.75) is 75.4 Å². The Balaban J connectivity index is 1.50. The summed E-state index contributed by atoms with van der Waals surface area (Å²) >= 11 is 0. The fraction of sp³-hybridized carbons (Fsp3) is 0.520. The fourth-order valence-electron chi connectivity index (χ4n) is 4.78. The molecular weight excluding hydrogens is 447 g/mol. The van der Waals surface area contributed by atoms with Gasteiger partial charge in [-0.15, -0.1) is 0 Å². The summed E-state index contributed by atoms with van der Waals surface area (Å²) in [6.45, 7) is 1.56. The second-order valence-electron chi connectivity index (χ2n) is 9.40. The number of aliphatic hydroxyl groups excluding tert-OH is 1. The number of pyridine rings is 1. The lowest BCUT2D eigenvalue weighted by molar-refractivity contribution is -0.127. The van der Waals surface area contributed by atoms with Gasteiger partial charge in [-0.05, 0) is 42.9 Å². The van der Waals surface area contributed by atoms with Crippen LogP contribution < -0.4 is 15.4 Å². The monoisotopic (exact) mass is 477 g/mol. The quantitative estimate of drug-likeness (QED) is 0.541. The van der Waals surface area contributed by atoms with Gasteiger partial charge in [-0.3, -0.25) is 4.79 Å². The van der Waals surface area contributed by atoms with Crippen molar-refractivity contribution in [1.29, 1.82) is 0 Å². The minimum atomic E-state index is -4.33. The number of alkyl halides is 3. The van der Waals surface area contributed by atoms with Gasteiger partial charge in [0.15, 0.2) is 0 Å². The van der Waals surface area contributed by atoms with Crippen LogP contribution in [0, 0.1) is 0 Å². The molecule has 0 radical (unpaired) electrons. The molecule has 4 rings (SSSR count). The minimum absolute atomic E-state index is 0.0759. The highest BCUT2D eigenvalue weighted by Gasteiger charge is 2.46. The van der Waals surface area contributed by atoms with Crippen LogP contribution in [0.25, 0.3) is 0 Å². The first-order valence-corrected chi connectivity index (χ1v) is 11.6. The second-order valence-corrected chi connectivity index (χ2v) is 9.40. The number of ether oxygens (including phenoxy) is 1. The molecule has 6 nitrogen and oxygen atoms in total. The highest BCUT2D eigenvalue weighted by Crippen LogP contribution is 2.48. The molecule has 3 N–H and O–H groups in total. The average molecular weight is 478 g/mol. The molecule has 0 saturated heterocycles. The number of carbonyl (C=O) groups is 1. The normalized spacial score (nSPS) is 20.6. The Morgan fingerprint density at radius 2 is 2.00 bits per heavy atom. The van der Waals surface area contributed by atoms with Crippen LogP contribution in [-0.2, 0) is 17.6 Å². The van der Waals surface area contributed by atoms with Gasteiger partial charge in [-0.2, -0.15) is 13.2 Å². The van der Waals surface area contributed by atoms with Gasteiger partial charge in [0.25, 0.3) is 0 Å². The largest absolute Gasteiger partial charge is 0.471 e. The smallest absolute Gasteiger partial charge is 0.393 e. The molecule has 2 aromatic rings. The van der Waals surface area contributed by atoms with Crippen molar-refractivity contribution < 1.29 is 27.8 Å². The summed E-state index contributed by atoms with van der Waals surface area (Å²) in [6, 6.07) is 10.2. The molecule has 2 heterocycles. The van der Waals surface area contributed by atoms with Gasteiger partial charge in [0.1, 0.15) is 5.60 Å². The lowest BCUT2D eigenvalue weighted by Gasteiger charge is -2.47. The van der Waals surface area contributed by atoms with Crippen LogP contribution in [0.3, 0.4) is 0 Å². The molecule has 1 aromatic carbocycles. The number of hydrogen-bond donors (Lipinski definition) is 3. The molecule has 0 unspecified atom stereocenters. The first-order valence-electron chi connectivity index (χ1n) is 11.6. The van der Waals surface area contributed by atoms with Crippen LogP contribution in [0.2, 0.25) is 0 Å². The maximum atomic E-state index is 12.9. The first-order chi connectivity index (χ1) is 16.1. The van der Waals surface area contributed by atoms with Gasteiger partial charge in [-0.25, -0.2) is 4.98 Å². The number of aromatic nitrogens is 1. The molecular formula is C25H30F3N3O3. The van der Waals surface area contributed by atoms with E-state index in [0.717, 1.165) is 24.8 Å². The van der Waals surface area contributed by atoms with E-state index < -0.39 is 24.7 Å². The molecule has 9 heteroatoms. The Kier molecular flexibility index (Phi) is 7.14. The van der Waals surface area contributed by atoms with Crippen molar-refractivity contribution in [1.82, 2.24) is 15.6 Å². The summed E-state index contributed by atoms with van der Waals surface area (Å²) in [5.41, 5.74) is 1.26. The third-order valence-electron chi connectivity index (χ3n) is 6.59. The van der Waals surface area contributed by atoms with Crippen molar-refractivity contribution in [3.05, 3.63) is 59.3 Å². The lowest BCUT2D eigenvalue weighted by Crippen LogP contribution is -2.52. The third-order valence-corrected chi connectivity index (χ3v) is 6.59. The number of fused-ring (bicyclic) bond motifs is 1. The van der Waals surface area contributed by atoms with Crippen LogP contribution in [0.15, 0.2) is 42.6 Å². The minimum Gasteiger partial charge on any atom is -0.471 e. The Morgan fingerprint density at radius 3 is 2.62 bits per heavy atom. The number of halogens is 3. The number of amides is 1. The van der Waals surface area contributed by atoms with Crippen LogP contribution in [0.5, 0.6) is 5.88 Å². The van der Waals surface area contributed by atoms with Crippen LogP contribution in [0.4, 0.5) is 13.2 Å². The SMILES string of the molecule is CC(=O)N[C@@H](Cc1ccccc1)[C@H](O)CN[C@H]1CC2(CCC2)Oc2ncc(CC(F)(F)F)cc21. The zero-order valence-electron chi connectivity index (χ0n) is 19.1. The summed E-state index contributed by atoms with van der Waals surface area (Å²) in [7, 11) is 0. The van der Waals surface area contributed by atoms with E-state index in [-0.39, 0.29) is 29.7 Å². The number of benzene rings is 1. The summed E-state index contributed by atoms with van der Waals surface area (Å²) in [4.78, 5) is 15.9. The number of nitrogens with one attached hydrogen (secondary N) is 2. The fourth-order valence-corrected chi connectivity index (χ4v) is 4.78. The molecule has 1 aliphatic carbocycles. The predicted molar refractivity (Wildman–Crippen MR) is 120 cm³/mol. The number of aliphatic hydroxyl groups is 1. The molecule has 2 aliphatic rings. The maximum Gasteiger partial charge on any atom is 0.393 e. The van der Waals surface area contributed by atoms with E-state index >= 15 is 0 Å². The lowest BCUT2D eigenvalue weighted by atomic mass is 9.73. The average Bonchev–Trinajstić information content (AvgIpc) is 2.75. The molecule has 1 aromatic heterocycles. The zero-order chi connectivity index (χ0) is 24.3. The summed E-state index contributed by atoms with van der Waals surface area (Å²) in [5.74, 6) is 0.109. The van der Waals surface area contributed by atoms with Crippen LogP contribution >= 0.6 is 0 Å². The molecule has 1 saturated carbocycles. The van der Waals surface area contributed by atoms with Crippen molar-refractivity contribution in [3.63, 3.8) is 0 Å². The Labute approximate surface area is 196 Å². The van der Waals surface area contributed by atoms with E-state index in [9.17, 15) is 23.1 Å². The van der Waals surface area contributed by atoms with E-state index in [1.807, 2.05) is 30.3 Å². The molecule has 184 valence electrons. The van der Waals surface area contributed by atoms with E-state index in [1.54, 1.807) is 0 Å². The van der Waals surface area contributed by atoms with Crippen molar-refractivity contribution >= 4 is 5.91 Å². The van der Waals surface area contributed by atoms with Gasteiger partial charge in [0, 0.05) is 37.7 Å². The number of rotatable bonds is 8. The van der Waals surface area contributed by atoms with Gasteiger partial charge in [-0.1, -0.05) is 30.3 Å². The third kappa shape index (κ3) is 6.07. The first kappa shape index (κ1) is 24.5. The van der Waals surface area contributed by atoms with E-state index in [1.165, 1.54) is 19.2 Å². The van der Waals surface area contributed by atoms with E-state index in [4.69, 9.17) is 4.74 Å². The van der Waals surface area contributed by atoms with Gasteiger partial charge >= 0.3 is 6.18 Å². The summed E-state index contributed by atoms with van der Waals surface area (Å²) in [6.07, 6.45) is -1.27. The topological polar surface area (TPSA) is 83.5 Å². The maximum absolute atomic E-state index is 12.9. The van der Waals surface area contributed by atoms with Gasteiger partial charge < -0.3 is 20.5 Å². The standard InChI is InChI=1S/C25H30F3N3O3/c1-16(32)31-20(11-17-6-3-2-4-7-17)22(33)15-29-21-13-24(8-5-9-24)34-23-19(21)10-18(14-30-23)12-25(26,27)28/h2-4,6-7,10,14,20-22,29,33H,5,8-9,11-13,15H2,1H3,(H,31,32)/t20-,21-,22+/m0/s1. The van der Waals surface area contributed by atoms with E-state index in [0.29, 0.717) is 24.3 Å². The highest BCUT2D eigenvalue weighted by molar-refractivity contribution is 5.73. The molecule has 1 fully saturated rings. The van der Waals surface area contributed by atoms with Gasteiger partial charge in [0.05, 0.1) is 18.6 Å². The van der Waals surface area contributed by atoms with Crippen molar-refractivity contribution in [2.24, 2.45) is 0 Å². The van der Waals surface area contributed by atoms with Crippen molar-refractivity contribution in [2.75, 3.05) is 6.54 Å². The highest BCUT2D eigenvalue weighted by atomic mass is 19.4. The molecule has 1 aliphatic heterocycles.